The summed E-state index contributed by atoms with van der Waals surface area (Å²) in [5, 5.41) is 7.13. The second-order valence-electron chi connectivity index (χ2n) is 5.95. The Balaban J connectivity index is 2.73. The van der Waals surface area contributed by atoms with Crippen LogP contribution in [0.4, 0.5) is 0 Å². The van der Waals surface area contributed by atoms with Gasteiger partial charge >= 0.3 is 0 Å². The summed E-state index contributed by atoms with van der Waals surface area (Å²) in [4.78, 5) is 17.6. The van der Waals surface area contributed by atoms with Crippen LogP contribution in [-0.2, 0) is 10.3 Å². The maximum atomic E-state index is 12.7. The van der Waals surface area contributed by atoms with Crippen molar-refractivity contribution in [3.63, 3.8) is 0 Å². The summed E-state index contributed by atoms with van der Waals surface area (Å²) in [5.41, 5.74) is 2.44. The predicted molar refractivity (Wildman–Crippen MR) is 84.3 cm³/mol. The van der Waals surface area contributed by atoms with Gasteiger partial charge in [-0.15, -0.1) is 0 Å². The zero-order chi connectivity index (χ0) is 15.6. The molecule has 2 rings (SSSR count). The standard InChI is InChI=1S/C16H21N3O2/c1-11(18-21-5)13-14(16(2,3)4)17-19(15(13)20)12-9-7-6-8-10-12/h6-10,17H,1-5H3/b18-11+. The zero-order valence-corrected chi connectivity index (χ0v) is 13.1. The van der Waals surface area contributed by atoms with Crippen LogP contribution in [0.5, 0.6) is 0 Å². The minimum atomic E-state index is -0.209. The first-order valence-corrected chi connectivity index (χ1v) is 6.85. The molecule has 0 aliphatic heterocycles. The van der Waals surface area contributed by atoms with Crippen LogP contribution in [0.2, 0.25) is 0 Å². The molecule has 0 saturated carbocycles. The second kappa shape index (κ2) is 5.60. The lowest BCUT2D eigenvalue weighted by atomic mass is 9.88. The van der Waals surface area contributed by atoms with Crippen LogP contribution in [0.3, 0.4) is 0 Å². The summed E-state index contributed by atoms with van der Waals surface area (Å²) in [5.74, 6) is 0. The number of hydrogen-bond donors (Lipinski definition) is 1. The predicted octanol–water partition coefficient (Wildman–Crippen LogP) is 2.83. The quantitative estimate of drug-likeness (QED) is 0.697. The number of aromatic amines is 1. The summed E-state index contributed by atoms with van der Waals surface area (Å²) in [6, 6.07) is 9.48. The van der Waals surface area contributed by atoms with E-state index < -0.39 is 0 Å². The van der Waals surface area contributed by atoms with Gasteiger partial charge in [-0.2, -0.15) is 0 Å². The largest absolute Gasteiger partial charge is 0.399 e. The van der Waals surface area contributed by atoms with Crippen molar-refractivity contribution < 1.29 is 4.84 Å². The van der Waals surface area contributed by atoms with Crippen molar-refractivity contribution in [2.75, 3.05) is 7.11 Å². The first kappa shape index (κ1) is 15.1. The lowest BCUT2D eigenvalue weighted by Gasteiger charge is -2.18. The number of rotatable bonds is 3. The van der Waals surface area contributed by atoms with Gasteiger partial charge in [0.15, 0.2) is 0 Å². The van der Waals surface area contributed by atoms with Gasteiger partial charge in [0.1, 0.15) is 7.11 Å². The van der Waals surface area contributed by atoms with E-state index in [1.807, 2.05) is 30.3 Å². The summed E-state index contributed by atoms with van der Waals surface area (Å²) in [6.07, 6.45) is 0. The van der Waals surface area contributed by atoms with E-state index in [0.29, 0.717) is 11.3 Å². The highest BCUT2D eigenvalue weighted by Gasteiger charge is 2.26. The molecule has 1 heterocycles. The van der Waals surface area contributed by atoms with Gasteiger partial charge < -0.3 is 4.84 Å². The van der Waals surface area contributed by atoms with E-state index >= 15 is 0 Å². The average Bonchev–Trinajstić information content (AvgIpc) is 2.78. The summed E-state index contributed by atoms with van der Waals surface area (Å²) < 4.78 is 1.55. The highest BCUT2D eigenvalue weighted by atomic mass is 16.6. The monoisotopic (exact) mass is 287 g/mol. The van der Waals surface area contributed by atoms with Crippen LogP contribution in [0.1, 0.15) is 39.0 Å². The van der Waals surface area contributed by atoms with E-state index in [1.165, 1.54) is 7.11 Å². The molecule has 0 saturated heterocycles. The van der Waals surface area contributed by atoms with E-state index in [0.717, 1.165) is 11.4 Å². The van der Waals surface area contributed by atoms with Gasteiger partial charge in [-0.25, -0.2) is 4.68 Å². The fourth-order valence-electron chi connectivity index (χ4n) is 2.26. The van der Waals surface area contributed by atoms with E-state index in [2.05, 4.69) is 31.0 Å². The fourth-order valence-corrected chi connectivity index (χ4v) is 2.26. The Morgan fingerprint density at radius 1 is 1.24 bits per heavy atom. The Morgan fingerprint density at radius 2 is 1.86 bits per heavy atom. The van der Waals surface area contributed by atoms with Gasteiger partial charge in [0.2, 0.25) is 0 Å². The van der Waals surface area contributed by atoms with Crippen molar-refractivity contribution in [1.29, 1.82) is 0 Å². The molecule has 0 amide bonds. The highest BCUT2D eigenvalue weighted by Crippen LogP contribution is 2.23. The first-order valence-electron chi connectivity index (χ1n) is 6.85. The van der Waals surface area contributed by atoms with Crippen molar-refractivity contribution in [3.8, 4) is 5.69 Å². The summed E-state index contributed by atoms with van der Waals surface area (Å²) in [7, 11) is 1.47. The SMILES string of the molecule is CO/N=C(\C)c1c(C(C)(C)C)[nH]n(-c2ccccc2)c1=O. The van der Waals surface area contributed by atoms with Crippen molar-refractivity contribution in [3.05, 3.63) is 51.9 Å². The number of hydrogen-bond acceptors (Lipinski definition) is 3. The number of benzene rings is 1. The van der Waals surface area contributed by atoms with Crippen molar-refractivity contribution in [1.82, 2.24) is 9.78 Å². The van der Waals surface area contributed by atoms with E-state index in [-0.39, 0.29) is 11.0 Å². The van der Waals surface area contributed by atoms with Crippen LogP contribution in [-0.4, -0.2) is 22.6 Å². The summed E-state index contributed by atoms with van der Waals surface area (Å²) in [6.45, 7) is 7.93. The fraction of sp³-hybridized carbons (Fsp3) is 0.375. The maximum Gasteiger partial charge on any atom is 0.280 e. The molecule has 2 aromatic rings. The van der Waals surface area contributed by atoms with Gasteiger partial charge in [-0.1, -0.05) is 44.1 Å². The number of H-pyrrole nitrogens is 1. The third-order valence-electron chi connectivity index (χ3n) is 3.24. The van der Waals surface area contributed by atoms with Gasteiger partial charge in [-0.3, -0.25) is 9.89 Å². The molecule has 0 fully saturated rings. The smallest absolute Gasteiger partial charge is 0.280 e. The van der Waals surface area contributed by atoms with Crippen molar-refractivity contribution >= 4 is 5.71 Å². The van der Waals surface area contributed by atoms with Crippen molar-refractivity contribution in [2.24, 2.45) is 5.16 Å². The Bertz CT molecular complexity index is 703. The molecule has 0 aliphatic rings. The lowest BCUT2D eigenvalue weighted by molar-refractivity contribution is 0.213. The van der Waals surface area contributed by atoms with Crippen LogP contribution in [0.25, 0.3) is 5.69 Å². The minimum Gasteiger partial charge on any atom is -0.399 e. The maximum absolute atomic E-state index is 12.7. The van der Waals surface area contributed by atoms with Gasteiger partial charge in [0.05, 0.1) is 22.7 Å². The molecule has 1 N–H and O–H groups in total. The van der Waals surface area contributed by atoms with Gasteiger partial charge in [0.25, 0.3) is 5.56 Å². The van der Waals surface area contributed by atoms with E-state index in [9.17, 15) is 4.79 Å². The summed E-state index contributed by atoms with van der Waals surface area (Å²) >= 11 is 0. The third-order valence-corrected chi connectivity index (χ3v) is 3.24. The number of aromatic nitrogens is 2. The molecule has 0 radical (unpaired) electrons. The lowest BCUT2D eigenvalue weighted by Crippen LogP contribution is -2.21. The Kier molecular flexibility index (Phi) is 4.02. The molecule has 21 heavy (non-hydrogen) atoms. The minimum absolute atomic E-state index is 0.121. The Morgan fingerprint density at radius 3 is 2.38 bits per heavy atom. The van der Waals surface area contributed by atoms with E-state index in [4.69, 9.17) is 4.84 Å². The van der Waals surface area contributed by atoms with Crippen LogP contribution >= 0.6 is 0 Å². The molecular weight excluding hydrogens is 266 g/mol. The molecule has 5 nitrogen and oxygen atoms in total. The Hall–Kier alpha value is -2.30. The molecule has 1 aromatic heterocycles. The van der Waals surface area contributed by atoms with Crippen LogP contribution in [0, 0.1) is 0 Å². The number of para-hydroxylation sites is 1. The topological polar surface area (TPSA) is 59.4 Å². The molecule has 0 aliphatic carbocycles. The molecule has 0 bridgehead atoms. The van der Waals surface area contributed by atoms with E-state index in [1.54, 1.807) is 11.6 Å². The molecule has 0 atom stereocenters. The van der Waals surface area contributed by atoms with Gasteiger partial charge in [0, 0.05) is 5.41 Å². The number of nitrogens with one attached hydrogen (secondary N) is 1. The number of nitrogens with zero attached hydrogens (tertiary/aromatic N) is 2. The molecule has 5 heteroatoms. The zero-order valence-electron chi connectivity index (χ0n) is 13.1. The first-order chi connectivity index (χ1) is 9.86. The van der Waals surface area contributed by atoms with Crippen LogP contribution < -0.4 is 5.56 Å². The van der Waals surface area contributed by atoms with Crippen LogP contribution in [0.15, 0.2) is 40.3 Å². The normalized spacial score (nSPS) is 12.5. The second-order valence-corrected chi connectivity index (χ2v) is 5.95. The molecule has 1 aromatic carbocycles. The molecule has 112 valence electrons. The Labute approximate surface area is 124 Å². The van der Waals surface area contributed by atoms with Crippen molar-refractivity contribution in [2.45, 2.75) is 33.1 Å². The molecule has 0 spiro atoms. The molecule has 0 unspecified atom stereocenters. The highest BCUT2D eigenvalue weighted by molar-refractivity contribution is 5.99. The third kappa shape index (κ3) is 2.91. The number of oxime groups is 1. The average molecular weight is 287 g/mol. The van der Waals surface area contributed by atoms with Gasteiger partial charge in [-0.05, 0) is 19.1 Å². The molecular formula is C16H21N3O2.